The molecule has 2 aromatic heterocycles. The summed E-state index contributed by atoms with van der Waals surface area (Å²) in [5.74, 6) is 1.32. The Morgan fingerprint density at radius 3 is 2.78 bits per heavy atom. The molecule has 0 spiro atoms. The second kappa shape index (κ2) is 7.17. The number of para-hydroxylation sites is 1. The first-order valence-corrected chi connectivity index (χ1v) is 8.17. The number of amides is 1. The van der Waals surface area contributed by atoms with Crippen molar-refractivity contribution in [2.75, 3.05) is 12.4 Å². The third-order valence-electron chi connectivity index (χ3n) is 3.89. The lowest BCUT2D eigenvalue weighted by atomic mass is 10.2. The first-order valence-electron chi connectivity index (χ1n) is 8.17. The summed E-state index contributed by atoms with van der Waals surface area (Å²) in [6.07, 6.45) is 1.45. The number of nitrogens with one attached hydrogen (secondary N) is 1. The van der Waals surface area contributed by atoms with Crippen molar-refractivity contribution in [2.24, 2.45) is 0 Å². The summed E-state index contributed by atoms with van der Waals surface area (Å²) in [7, 11) is 1.59. The molecule has 1 N–H and O–H groups in total. The Morgan fingerprint density at radius 1 is 1.07 bits per heavy atom. The number of ether oxygens (including phenoxy) is 1. The van der Waals surface area contributed by atoms with Crippen LogP contribution in [0.5, 0.6) is 5.75 Å². The van der Waals surface area contributed by atoms with Crippen LogP contribution in [-0.2, 0) is 0 Å². The Labute approximate surface area is 154 Å². The van der Waals surface area contributed by atoms with Gasteiger partial charge in [-0.2, -0.15) is 4.98 Å². The monoisotopic (exact) mass is 361 g/mol. The predicted octanol–water partition coefficient (Wildman–Crippen LogP) is 4.26. The van der Waals surface area contributed by atoms with Crippen molar-refractivity contribution < 1.29 is 18.5 Å². The minimum Gasteiger partial charge on any atom is -0.496 e. The smallest absolute Gasteiger partial charge is 0.291 e. The third kappa shape index (κ3) is 3.43. The van der Waals surface area contributed by atoms with Crippen LogP contribution in [0.2, 0.25) is 0 Å². The van der Waals surface area contributed by atoms with Crippen LogP contribution in [-0.4, -0.2) is 23.2 Å². The van der Waals surface area contributed by atoms with Crippen molar-refractivity contribution >= 4 is 11.6 Å². The largest absolute Gasteiger partial charge is 0.496 e. The van der Waals surface area contributed by atoms with Crippen LogP contribution in [0.4, 0.5) is 5.69 Å². The van der Waals surface area contributed by atoms with Gasteiger partial charge < -0.3 is 19.0 Å². The lowest BCUT2D eigenvalue weighted by molar-refractivity contribution is 0.0996. The average Bonchev–Trinajstić information content (AvgIpc) is 3.40. The molecule has 4 rings (SSSR count). The van der Waals surface area contributed by atoms with Gasteiger partial charge in [-0.3, -0.25) is 4.79 Å². The molecule has 7 heteroatoms. The summed E-state index contributed by atoms with van der Waals surface area (Å²) >= 11 is 0. The lowest BCUT2D eigenvalue weighted by Crippen LogP contribution is -2.10. The van der Waals surface area contributed by atoms with Gasteiger partial charge in [0.05, 0.1) is 18.9 Å². The highest BCUT2D eigenvalue weighted by Gasteiger charge is 2.15. The van der Waals surface area contributed by atoms with Crippen molar-refractivity contribution in [1.29, 1.82) is 0 Å². The van der Waals surface area contributed by atoms with Gasteiger partial charge in [0.1, 0.15) is 5.75 Å². The van der Waals surface area contributed by atoms with E-state index in [0.29, 0.717) is 28.7 Å². The molecular weight excluding hydrogens is 346 g/mol. The molecule has 0 aliphatic carbocycles. The molecule has 0 saturated carbocycles. The van der Waals surface area contributed by atoms with Crippen LogP contribution >= 0.6 is 0 Å². The Kier molecular flexibility index (Phi) is 4.40. The molecule has 0 radical (unpaired) electrons. The number of carbonyl (C=O) groups is 1. The molecule has 0 bridgehead atoms. The van der Waals surface area contributed by atoms with Gasteiger partial charge in [-0.05, 0) is 42.5 Å². The molecule has 4 aromatic rings. The number of carbonyl (C=O) groups excluding carboxylic acids is 1. The maximum atomic E-state index is 12.1. The van der Waals surface area contributed by atoms with Crippen LogP contribution in [0.1, 0.15) is 10.6 Å². The number of rotatable bonds is 5. The molecule has 2 aromatic carbocycles. The number of furan rings is 1. The Morgan fingerprint density at radius 2 is 1.96 bits per heavy atom. The van der Waals surface area contributed by atoms with Crippen molar-refractivity contribution in [3.05, 3.63) is 72.7 Å². The van der Waals surface area contributed by atoms with Gasteiger partial charge in [-0.1, -0.05) is 23.4 Å². The van der Waals surface area contributed by atoms with Gasteiger partial charge in [-0.15, -0.1) is 0 Å². The molecule has 2 heterocycles. The molecule has 0 fully saturated rings. The number of methoxy groups -OCH3 is 1. The molecule has 0 unspecified atom stereocenters. The van der Waals surface area contributed by atoms with E-state index >= 15 is 0 Å². The quantitative estimate of drug-likeness (QED) is 0.571. The molecule has 134 valence electrons. The summed E-state index contributed by atoms with van der Waals surface area (Å²) in [6.45, 7) is 0. The van der Waals surface area contributed by atoms with Crippen LogP contribution in [0.25, 0.3) is 22.8 Å². The molecule has 1 amide bonds. The normalized spacial score (nSPS) is 10.6. The number of benzene rings is 2. The van der Waals surface area contributed by atoms with E-state index in [4.69, 9.17) is 13.7 Å². The van der Waals surface area contributed by atoms with E-state index in [1.54, 1.807) is 37.4 Å². The maximum Gasteiger partial charge on any atom is 0.291 e. The van der Waals surface area contributed by atoms with Gasteiger partial charge in [-0.25, -0.2) is 0 Å². The number of anilines is 1. The van der Waals surface area contributed by atoms with E-state index in [-0.39, 0.29) is 11.7 Å². The van der Waals surface area contributed by atoms with E-state index in [9.17, 15) is 4.79 Å². The zero-order valence-electron chi connectivity index (χ0n) is 14.4. The fraction of sp³-hybridized carbons (Fsp3) is 0.0500. The second-order valence-electron chi connectivity index (χ2n) is 5.64. The molecule has 0 saturated heterocycles. The molecule has 27 heavy (non-hydrogen) atoms. The van der Waals surface area contributed by atoms with E-state index < -0.39 is 0 Å². The first-order chi connectivity index (χ1) is 13.2. The fourth-order valence-corrected chi connectivity index (χ4v) is 2.61. The SMILES string of the molecule is COc1ccccc1-c1noc(-c2cccc(NC(=O)c3ccco3)c2)n1. The summed E-state index contributed by atoms with van der Waals surface area (Å²) in [4.78, 5) is 16.6. The van der Waals surface area contributed by atoms with Crippen LogP contribution in [0, 0.1) is 0 Å². The number of hydrogen-bond donors (Lipinski definition) is 1. The maximum absolute atomic E-state index is 12.1. The Bertz CT molecular complexity index is 1070. The first kappa shape index (κ1) is 16.6. The minimum absolute atomic E-state index is 0.233. The Balaban J connectivity index is 1.59. The molecule has 0 atom stereocenters. The molecule has 0 aliphatic heterocycles. The summed E-state index contributed by atoms with van der Waals surface area (Å²) in [6, 6.07) is 17.8. The average molecular weight is 361 g/mol. The lowest BCUT2D eigenvalue weighted by Gasteiger charge is -2.04. The number of nitrogens with zero attached hydrogens (tertiary/aromatic N) is 2. The van der Waals surface area contributed by atoms with E-state index in [1.807, 2.05) is 30.3 Å². The van der Waals surface area contributed by atoms with Crippen LogP contribution < -0.4 is 10.1 Å². The van der Waals surface area contributed by atoms with Crippen molar-refractivity contribution in [2.45, 2.75) is 0 Å². The molecule has 0 aliphatic rings. The van der Waals surface area contributed by atoms with Gasteiger partial charge in [0.25, 0.3) is 11.8 Å². The van der Waals surface area contributed by atoms with Crippen molar-refractivity contribution in [3.8, 4) is 28.6 Å². The molecular formula is C20H15N3O4. The summed E-state index contributed by atoms with van der Waals surface area (Å²) in [5, 5.41) is 6.80. The second-order valence-corrected chi connectivity index (χ2v) is 5.64. The van der Waals surface area contributed by atoms with Crippen LogP contribution in [0.15, 0.2) is 75.9 Å². The van der Waals surface area contributed by atoms with E-state index in [1.165, 1.54) is 6.26 Å². The third-order valence-corrected chi connectivity index (χ3v) is 3.89. The minimum atomic E-state index is -0.336. The zero-order chi connectivity index (χ0) is 18.6. The summed E-state index contributed by atoms with van der Waals surface area (Å²) in [5.41, 5.74) is 2.00. The highest BCUT2D eigenvalue weighted by atomic mass is 16.5. The van der Waals surface area contributed by atoms with Gasteiger partial charge in [0, 0.05) is 11.3 Å². The highest BCUT2D eigenvalue weighted by molar-refractivity contribution is 6.02. The standard InChI is InChI=1S/C20H15N3O4/c1-25-16-9-3-2-8-15(16)18-22-20(27-23-18)13-6-4-7-14(12-13)21-19(24)17-10-5-11-26-17/h2-12H,1H3,(H,21,24). The van der Waals surface area contributed by atoms with Crippen molar-refractivity contribution in [3.63, 3.8) is 0 Å². The predicted molar refractivity (Wildman–Crippen MR) is 98.4 cm³/mol. The fourth-order valence-electron chi connectivity index (χ4n) is 2.61. The molecule has 7 nitrogen and oxygen atoms in total. The number of aromatic nitrogens is 2. The Hall–Kier alpha value is -3.87. The van der Waals surface area contributed by atoms with E-state index in [0.717, 1.165) is 5.56 Å². The van der Waals surface area contributed by atoms with Gasteiger partial charge in [0.15, 0.2) is 5.76 Å². The van der Waals surface area contributed by atoms with Gasteiger partial charge >= 0.3 is 0 Å². The van der Waals surface area contributed by atoms with Crippen LogP contribution in [0.3, 0.4) is 0 Å². The van der Waals surface area contributed by atoms with E-state index in [2.05, 4.69) is 15.5 Å². The summed E-state index contributed by atoms with van der Waals surface area (Å²) < 4.78 is 15.8. The topological polar surface area (TPSA) is 90.4 Å². The highest BCUT2D eigenvalue weighted by Crippen LogP contribution is 2.29. The van der Waals surface area contributed by atoms with Crippen molar-refractivity contribution in [1.82, 2.24) is 10.1 Å². The number of hydrogen-bond acceptors (Lipinski definition) is 6. The zero-order valence-corrected chi connectivity index (χ0v) is 14.4. The van der Waals surface area contributed by atoms with Gasteiger partial charge in [0.2, 0.25) is 5.82 Å².